The van der Waals surface area contributed by atoms with Gasteiger partial charge in [-0.15, -0.1) is 0 Å². The summed E-state index contributed by atoms with van der Waals surface area (Å²) in [7, 11) is 0. The molecule has 0 saturated heterocycles. The third-order valence-corrected chi connectivity index (χ3v) is 3.45. The zero-order chi connectivity index (χ0) is 15.5. The molecule has 1 aromatic carbocycles. The van der Waals surface area contributed by atoms with E-state index in [4.69, 9.17) is 0 Å². The van der Waals surface area contributed by atoms with E-state index in [2.05, 4.69) is 27.2 Å². The standard InChI is InChI=1S/C17H16N4O/c1-3-15(22)21-14-8-7-13-16(14)17(19-10-18-13)20-12-6-4-5-11(2)9-12/h3-10,16H,1H2,2H3,(H,21,22)(H,18,19,20). The average molecular weight is 292 g/mol. The number of aryl methyl sites for hydroxylation is 1. The minimum absolute atomic E-state index is 0.186. The molecule has 110 valence electrons. The number of amidine groups is 1. The number of hydrogen-bond acceptors (Lipinski definition) is 3. The first-order valence-electron chi connectivity index (χ1n) is 6.97. The van der Waals surface area contributed by atoms with Crippen LogP contribution in [-0.2, 0) is 4.79 Å². The number of aliphatic imine (C=N–C) groups is 2. The highest BCUT2D eigenvalue weighted by molar-refractivity contribution is 6.01. The summed E-state index contributed by atoms with van der Waals surface area (Å²) in [6, 6.07) is 7.91. The third-order valence-electron chi connectivity index (χ3n) is 3.45. The zero-order valence-corrected chi connectivity index (χ0v) is 12.2. The zero-order valence-electron chi connectivity index (χ0n) is 12.2. The highest BCUT2D eigenvalue weighted by Crippen LogP contribution is 2.29. The van der Waals surface area contributed by atoms with Crippen molar-refractivity contribution in [2.45, 2.75) is 6.92 Å². The number of amides is 1. The Kier molecular flexibility index (Phi) is 3.70. The predicted molar refractivity (Wildman–Crippen MR) is 87.9 cm³/mol. The molecule has 1 aromatic rings. The Labute approximate surface area is 128 Å². The normalized spacial score (nSPS) is 20.8. The molecule has 1 amide bonds. The molecule has 2 N–H and O–H groups in total. The third kappa shape index (κ3) is 2.74. The van der Waals surface area contributed by atoms with Crippen molar-refractivity contribution < 1.29 is 4.79 Å². The molecule has 2 aliphatic rings. The van der Waals surface area contributed by atoms with Gasteiger partial charge in [0.1, 0.15) is 5.84 Å². The van der Waals surface area contributed by atoms with E-state index in [-0.39, 0.29) is 11.8 Å². The number of allylic oxidation sites excluding steroid dienone is 2. The molecule has 5 nitrogen and oxygen atoms in total. The Balaban J connectivity index is 1.93. The lowest BCUT2D eigenvalue weighted by atomic mass is 10.0. The SMILES string of the molecule is C=CC(=O)NC1=CC=C2NC=NC(=Nc3cccc(C)c3)C21. The maximum absolute atomic E-state index is 11.6. The molecular formula is C17H16N4O. The van der Waals surface area contributed by atoms with Crippen LogP contribution in [0, 0.1) is 12.8 Å². The van der Waals surface area contributed by atoms with Crippen molar-refractivity contribution in [3.8, 4) is 0 Å². The molecule has 1 heterocycles. The lowest BCUT2D eigenvalue weighted by Gasteiger charge is -2.22. The number of nitrogens with zero attached hydrogens (tertiary/aromatic N) is 2. The quantitative estimate of drug-likeness (QED) is 0.840. The minimum atomic E-state index is -0.245. The molecule has 0 fully saturated rings. The second kappa shape index (κ2) is 5.81. The molecule has 1 aliphatic heterocycles. The Morgan fingerprint density at radius 2 is 2.32 bits per heavy atom. The smallest absolute Gasteiger partial charge is 0.247 e. The maximum atomic E-state index is 11.6. The Morgan fingerprint density at radius 3 is 3.09 bits per heavy atom. The van der Waals surface area contributed by atoms with Crippen LogP contribution in [0.5, 0.6) is 0 Å². The second-order valence-electron chi connectivity index (χ2n) is 5.08. The number of benzene rings is 1. The molecular weight excluding hydrogens is 276 g/mol. The van der Waals surface area contributed by atoms with E-state index in [1.807, 2.05) is 43.3 Å². The van der Waals surface area contributed by atoms with Crippen LogP contribution in [0.1, 0.15) is 5.56 Å². The van der Waals surface area contributed by atoms with Gasteiger partial charge in [-0.2, -0.15) is 0 Å². The predicted octanol–water partition coefficient (Wildman–Crippen LogP) is 2.36. The molecule has 1 unspecified atom stereocenters. The van der Waals surface area contributed by atoms with E-state index in [9.17, 15) is 4.79 Å². The highest BCUT2D eigenvalue weighted by atomic mass is 16.1. The van der Waals surface area contributed by atoms with Gasteiger partial charge in [0.05, 0.1) is 17.9 Å². The summed E-state index contributed by atoms with van der Waals surface area (Å²) < 4.78 is 0. The van der Waals surface area contributed by atoms with Crippen molar-refractivity contribution in [3.05, 3.63) is 66.0 Å². The van der Waals surface area contributed by atoms with Crippen LogP contribution in [0.4, 0.5) is 5.69 Å². The van der Waals surface area contributed by atoms with E-state index in [0.29, 0.717) is 5.84 Å². The average Bonchev–Trinajstić information content (AvgIpc) is 2.91. The van der Waals surface area contributed by atoms with E-state index in [0.717, 1.165) is 22.6 Å². The monoisotopic (exact) mass is 292 g/mol. The number of hydrogen-bond donors (Lipinski definition) is 2. The molecule has 0 aromatic heterocycles. The molecule has 0 bridgehead atoms. The van der Waals surface area contributed by atoms with Gasteiger partial charge in [-0.1, -0.05) is 18.7 Å². The van der Waals surface area contributed by atoms with Gasteiger partial charge >= 0.3 is 0 Å². The fourth-order valence-corrected chi connectivity index (χ4v) is 2.43. The van der Waals surface area contributed by atoms with Crippen molar-refractivity contribution in [2.24, 2.45) is 15.9 Å². The van der Waals surface area contributed by atoms with Gasteiger partial charge in [0.15, 0.2) is 0 Å². The first-order chi connectivity index (χ1) is 10.7. The fourth-order valence-electron chi connectivity index (χ4n) is 2.43. The highest BCUT2D eigenvalue weighted by Gasteiger charge is 2.31. The van der Waals surface area contributed by atoms with Crippen molar-refractivity contribution in [1.29, 1.82) is 0 Å². The molecule has 1 aliphatic carbocycles. The van der Waals surface area contributed by atoms with Gasteiger partial charge in [-0.3, -0.25) is 4.79 Å². The largest absolute Gasteiger partial charge is 0.349 e. The molecule has 0 radical (unpaired) electrons. The van der Waals surface area contributed by atoms with E-state index >= 15 is 0 Å². The lowest BCUT2D eigenvalue weighted by Crippen LogP contribution is -2.35. The number of fused-ring (bicyclic) bond motifs is 1. The minimum Gasteiger partial charge on any atom is -0.349 e. The number of carbonyl (C=O) groups is 1. The fraction of sp³-hybridized carbons (Fsp3) is 0.118. The molecule has 0 saturated carbocycles. The summed E-state index contributed by atoms with van der Waals surface area (Å²) in [5.41, 5.74) is 3.67. The van der Waals surface area contributed by atoms with Crippen LogP contribution in [0.2, 0.25) is 0 Å². The van der Waals surface area contributed by atoms with Crippen LogP contribution >= 0.6 is 0 Å². The lowest BCUT2D eigenvalue weighted by molar-refractivity contribution is -0.115. The van der Waals surface area contributed by atoms with Gasteiger partial charge in [0.2, 0.25) is 5.91 Å². The summed E-state index contributed by atoms with van der Waals surface area (Å²) >= 11 is 0. The van der Waals surface area contributed by atoms with Crippen LogP contribution in [0.25, 0.3) is 0 Å². The van der Waals surface area contributed by atoms with Crippen LogP contribution in [0.15, 0.2) is 70.5 Å². The van der Waals surface area contributed by atoms with Crippen molar-refractivity contribution in [3.63, 3.8) is 0 Å². The molecule has 3 rings (SSSR count). The van der Waals surface area contributed by atoms with Gasteiger partial charge < -0.3 is 10.6 Å². The van der Waals surface area contributed by atoms with Crippen LogP contribution in [0.3, 0.4) is 0 Å². The van der Waals surface area contributed by atoms with Crippen LogP contribution in [-0.4, -0.2) is 18.1 Å². The Bertz CT molecular complexity index is 756. The van der Waals surface area contributed by atoms with Gasteiger partial charge in [0, 0.05) is 11.4 Å². The number of carbonyl (C=O) groups excluding carboxylic acids is 1. The molecule has 1 atom stereocenters. The molecule has 5 heteroatoms. The van der Waals surface area contributed by atoms with Gasteiger partial charge in [0.25, 0.3) is 0 Å². The van der Waals surface area contributed by atoms with Gasteiger partial charge in [-0.05, 0) is 42.8 Å². The topological polar surface area (TPSA) is 65.8 Å². The van der Waals surface area contributed by atoms with Crippen LogP contribution < -0.4 is 10.6 Å². The first kappa shape index (κ1) is 14.0. The summed E-state index contributed by atoms with van der Waals surface area (Å²) in [6.07, 6.45) is 6.63. The first-order valence-corrected chi connectivity index (χ1v) is 6.97. The van der Waals surface area contributed by atoms with Gasteiger partial charge in [-0.25, -0.2) is 9.98 Å². The Hall–Kier alpha value is -2.95. The van der Waals surface area contributed by atoms with Crippen molar-refractivity contribution in [2.75, 3.05) is 0 Å². The summed E-state index contributed by atoms with van der Waals surface area (Å²) in [6.45, 7) is 5.49. The number of nitrogens with one attached hydrogen (secondary N) is 2. The van der Waals surface area contributed by atoms with E-state index < -0.39 is 0 Å². The van der Waals surface area contributed by atoms with Crippen molar-refractivity contribution >= 4 is 23.8 Å². The summed E-state index contributed by atoms with van der Waals surface area (Å²) in [5.74, 6) is 0.212. The number of rotatable bonds is 3. The summed E-state index contributed by atoms with van der Waals surface area (Å²) in [5, 5.41) is 5.90. The maximum Gasteiger partial charge on any atom is 0.247 e. The van der Waals surface area contributed by atoms with E-state index in [1.54, 1.807) is 6.34 Å². The molecule has 22 heavy (non-hydrogen) atoms. The second-order valence-corrected chi connectivity index (χ2v) is 5.08. The summed E-state index contributed by atoms with van der Waals surface area (Å²) in [4.78, 5) is 20.5. The molecule has 0 spiro atoms. The Morgan fingerprint density at radius 1 is 1.45 bits per heavy atom. The van der Waals surface area contributed by atoms with E-state index in [1.165, 1.54) is 6.08 Å². The van der Waals surface area contributed by atoms with Crippen molar-refractivity contribution in [1.82, 2.24) is 10.6 Å².